The maximum Gasteiger partial charge on any atom is 0.334 e. The highest BCUT2D eigenvalue weighted by molar-refractivity contribution is 7.16. The second-order valence-corrected chi connectivity index (χ2v) is 4.44. The summed E-state index contributed by atoms with van der Waals surface area (Å²) in [6.45, 7) is 4.97. The first-order valence-electron chi connectivity index (χ1n) is 4.28. The Hall–Kier alpha value is -1.50. The van der Waals surface area contributed by atoms with Gasteiger partial charge in [0.2, 0.25) is 0 Å². The minimum absolute atomic E-state index is 0.0807. The van der Waals surface area contributed by atoms with Gasteiger partial charge in [0.05, 0.1) is 14.7 Å². The summed E-state index contributed by atoms with van der Waals surface area (Å²) in [6.07, 6.45) is 0. The Balaban J connectivity index is 3.46. The quantitative estimate of drug-likeness (QED) is 0.590. The molecule has 0 spiro atoms. The topological polar surface area (TPSA) is 86.3 Å². The van der Waals surface area contributed by atoms with Crippen LogP contribution in [0.4, 0.5) is 10.7 Å². The van der Waals surface area contributed by atoms with Crippen molar-refractivity contribution in [1.82, 2.24) is 0 Å². The Kier molecular flexibility index (Phi) is 3.04. The van der Waals surface area contributed by atoms with Crippen molar-refractivity contribution in [3.05, 3.63) is 30.7 Å². The second-order valence-electron chi connectivity index (χ2n) is 3.41. The Morgan fingerprint density at radius 2 is 1.73 bits per heavy atom. The van der Waals surface area contributed by atoms with E-state index in [0.29, 0.717) is 4.88 Å². The number of nitrogens with zero attached hydrogens (tertiary/aromatic N) is 2. The van der Waals surface area contributed by atoms with Gasteiger partial charge in [-0.2, -0.15) is 0 Å². The molecule has 0 saturated heterocycles. The highest BCUT2D eigenvalue weighted by atomic mass is 32.1. The van der Waals surface area contributed by atoms with Gasteiger partial charge in [-0.25, -0.2) is 0 Å². The Morgan fingerprint density at radius 1 is 1.20 bits per heavy atom. The summed E-state index contributed by atoms with van der Waals surface area (Å²) in [7, 11) is 0. The lowest BCUT2D eigenvalue weighted by atomic mass is 10.1. The first-order valence-corrected chi connectivity index (χ1v) is 5.10. The molecular weight excluding hydrogens is 220 g/mol. The van der Waals surface area contributed by atoms with Crippen LogP contribution in [-0.4, -0.2) is 9.85 Å². The molecule has 82 valence electrons. The molecule has 1 aromatic heterocycles. The third-order valence-electron chi connectivity index (χ3n) is 1.99. The van der Waals surface area contributed by atoms with Crippen LogP contribution in [0.2, 0.25) is 0 Å². The molecule has 0 aliphatic rings. The Labute approximate surface area is 89.8 Å². The molecule has 0 unspecified atom stereocenters. The standard InChI is InChI=1S/C8H10N2O4S/c1-4(2)7-6(9(11)12)5(3)8(15-7)10(13)14/h4H,1-3H3. The van der Waals surface area contributed by atoms with Crippen molar-refractivity contribution in [2.75, 3.05) is 0 Å². The first-order chi connectivity index (χ1) is 6.86. The fraction of sp³-hybridized carbons (Fsp3) is 0.500. The number of hydrogen-bond donors (Lipinski definition) is 0. The Bertz CT molecular complexity index is 425. The molecule has 0 aromatic carbocycles. The lowest BCUT2D eigenvalue weighted by Gasteiger charge is -1.98. The predicted octanol–water partition coefficient (Wildman–Crippen LogP) is 3.00. The van der Waals surface area contributed by atoms with Crippen LogP contribution < -0.4 is 0 Å². The summed E-state index contributed by atoms with van der Waals surface area (Å²) in [5.41, 5.74) is 0.0420. The van der Waals surface area contributed by atoms with Crippen LogP contribution in [0.3, 0.4) is 0 Å². The van der Waals surface area contributed by atoms with Gasteiger partial charge in [0.15, 0.2) is 0 Å². The van der Waals surface area contributed by atoms with Crippen LogP contribution >= 0.6 is 11.3 Å². The molecule has 0 aliphatic carbocycles. The molecule has 0 saturated carbocycles. The van der Waals surface area contributed by atoms with Gasteiger partial charge in [-0.15, -0.1) is 0 Å². The monoisotopic (exact) mass is 230 g/mol. The van der Waals surface area contributed by atoms with Crippen molar-refractivity contribution in [2.45, 2.75) is 26.7 Å². The van der Waals surface area contributed by atoms with Gasteiger partial charge in [-0.05, 0) is 12.8 Å². The van der Waals surface area contributed by atoms with Gasteiger partial charge < -0.3 is 0 Å². The summed E-state index contributed by atoms with van der Waals surface area (Å²) in [5.74, 6) is -0.0807. The van der Waals surface area contributed by atoms with E-state index in [0.717, 1.165) is 11.3 Å². The van der Waals surface area contributed by atoms with Gasteiger partial charge in [-0.3, -0.25) is 20.2 Å². The molecule has 6 nitrogen and oxygen atoms in total. The summed E-state index contributed by atoms with van der Waals surface area (Å²) >= 11 is 0.890. The van der Waals surface area contributed by atoms with Crippen LogP contribution in [0.15, 0.2) is 0 Å². The van der Waals surface area contributed by atoms with E-state index in [9.17, 15) is 20.2 Å². The molecule has 1 rings (SSSR count). The van der Waals surface area contributed by atoms with Crippen molar-refractivity contribution in [3.63, 3.8) is 0 Å². The van der Waals surface area contributed by atoms with E-state index < -0.39 is 9.85 Å². The number of nitro groups is 2. The highest BCUT2D eigenvalue weighted by Crippen LogP contribution is 2.43. The van der Waals surface area contributed by atoms with Crippen molar-refractivity contribution >= 4 is 22.0 Å². The van der Waals surface area contributed by atoms with Crippen LogP contribution in [0.25, 0.3) is 0 Å². The van der Waals surface area contributed by atoms with E-state index in [4.69, 9.17) is 0 Å². The van der Waals surface area contributed by atoms with E-state index in [1.165, 1.54) is 6.92 Å². The molecule has 0 bridgehead atoms. The average molecular weight is 230 g/mol. The van der Waals surface area contributed by atoms with Crippen LogP contribution in [0, 0.1) is 27.2 Å². The molecule has 0 N–H and O–H groups in total. The number of hydrogen-bond acceptors (Lipinski definition) is 5. The minimum atomic E-state index is -0.571. The van der Waals surface area contributed by atoms with Crippen LogP contribution in [-0.2, 0) is 0 Å². The van der Waals surface area contributed by atoms with E-state index in [1.807, 2.05) is 0 Å². The lowest BCUT2D eigenvalue weighted by molar-refractivity contribution is -0.391. The maximum atomic E-state index is 10.8. The molecule has 1 heterocycles. The second kappa shape index (κ2) is 3.93. The van der Waals surface area contributed by atoms with Crippen molar-refractivity contribution in [1.29, 1.82) is 0 Å². The molecular formula is C8H10N2O4S. The zero-order chi connectivity index (χ0) is 11.7. The maximum absolute atomic E-state index is 10.8. The van der Waals surface area contributed by atoms with E-state index in [-0.39, 0.29) is 22.2 Å². The molecule has 0 amide bonds. The van der Waals surface area contributed by atoms with Crippen molar-refractivity contribution in [2.24, 2.45) is 0 Å². The molecule has 7 heteroatoms. The SMILES string of the molecule is Cc1c([N+](=O)[O-])sc(C(C)C)c1[N+](=O)[O-]. The van der Waals surface area contributed by atoms with Crippen molar-refractivity contribution < 1.29 is 9.85 Å². The zero-order valence-electron chi connectivity index (χ0n) is 8.51. The van der Waals surface area contributed by atoms with Crippen molar-refractivity contribution in [3.8, 4) is 0 Å². The van der Waals surface area contributed by atoms with E-state index >= 15 is 0 Å². The molecule has 0 aliphatic heterocycles. The fourth-order valence-corrected chi connectivity index (χ4v) is 2.40. The Morgan fingerprint density at radius 3 is 2.00 bits per heavy atom. The molecule has 1 aromatic rings. The lowest BCUT2D eigenvalue weighted by Crippen LogP contribution is -1.94. The van der Waals surface area contributed by atoms with Gasteiger partial charge >= 0.3 is 5.00 Å². The summed E-state index contributed by atoms with van der Waals surface area (Å²) in [5, 5.41) is 21.3. The zero-order valence-corrected chi connectivity index (χ0v) is 9.33. The molecule has 15 heavy (non-hydrogen) atoms. The number of thiophene rings is 1. The average Bonchev–Trinajstić information content (AvgIpc) is 2.42. The van der Waals surface area contributed by atoms with Gasteiger partial charge in [0, 0.05) is 0 Å². The third kappa shape index (κ3) is 1.96. The smallest absolute Gasteiger partial charge is 0.258 e. The first kappa shape index (κ1) is 11.6. The minimum Gasteiger partial charge on any atom is -0.258 e. The summed E-state index contributed by atoms with van der Waals surface area (Å²) in [6, 6.07) is 0. The summed E-state index contributed by atoms with van der Waals surface area (Å²) < 4.78 is 0. The largest absolute Gasteiger partial charge is 0.334 e. The van der Waals surface area contributed by atoms with Gasteiger partial charge in [0.1, 0.15) is 5.56 Å². The van der Waals surface area contributed by atoms with Crippen LogP contribution in [0.1, 0.15) is 30.2 Å². The predicted molar refractivity (Wildman–Crippen MR) is 56.5 cm³/mol. The molecule has 0 fully saturated rings. The third-order valence-corrected chi connectivity index (χ3v) is 3.52. The summed E-state index contributed by atoms with van der Waals surface area (Å²) in [4.78, 5) is 20.7. The molecule has 0 atom stereocenters. The van der Waals surface area contributed by atoms with E-state index in [1.54, 1.807) is 13.8 Å². The van der Waals surface area contributed by atoms with E-state index in [2.05, 4.69) is 0 Å². The van der Waals surface area contributed by atoms with Gasteiger partial charge in [0.25, 0.3) is 5.69 Å². The van der Waals surface area contributed by atoms with Gasteiger partial charge in [-0.1, -0.05) is 25.2 Å². The normalized spacial score (nSPS) is 10.7. The van der Waals surface area contributed by atoms with Crippen LogP contribution in [0.5, 0.6) is 0 Å². The molecule has 0 radical (unpaired) electrons. The fourth-order valence-electron chi connectivity index (χ4n) is 1.31. The highest BCUT2D eigenvalue weighted by Gasteiger charge is 2.31. The number of rotatable bonds is 3.